The van der Waals surface area contributed by atoms with Crippen molar-refractivity contribution >= 4 is 0 Å². The molecular weight excluding hydrogens is 263 g/mol. The molecule has 1 fully saturated rings. The predicted molar refractivity (Wildman–Crippen MR) is 74.9 cm³/mol. The van der Waals surface area contributed by atoms with E-state index < -0.39 is 12.6 Å². The lowest BCUT2D eigenvalue weighted by Gasteiger charge is -2.33. The SMILES string of the molecule is CN(C)[C@@H]1CCC[C@H](c2cccc(CC(F)(F)F)c2)C1. The standard InChI is InChI=1S/C16H22F3N/c1-20(2)15-8-4-7-14(10-15)13-6-3-5-12(9-13)11-16(17,18)19/h3,5-6,9,14-15H,4,7-8,10-11H2,1-2H3/t14-,15+/m0/s1. The van der Waals surface area contributed by atoms with Crippen LogP contribution in [0.3, 0.4) is 0 Å². The van der Waals surface area contributed by atoms with Crippen LogP contribution in [-0.2, 0) is 6.42 Å². The van der Waals surface area contributed by atoms with E-state index in [0.717, 1.165) is 24.8 Å². The molecule has 1 saturated carbocycles. The van der Waals surface area contributed by atoms with Gasteiger partial charge < -0.3 is 4.90 Å². The maximum absolute atomic E-state index is 12.5. The van der Waals surface area contributed by atoms with Crippen LogP contribution < -0.4 is 0 Å². The Balaban J connectivity index is 2.10. The van der Waals surface area contributed by atoms with Gasteiger partial charge >= 0.3 is 6.18 Å². The highest BCUT2D eigenvalue weighted by atomic mass is 19.4. The van der Waals surface area contributed by atoms with Crippen LogP contribution in [0.1, 0.15) is 42.7 Å². The van der Waals surface area contributed by atoms with Crippen LogP contribution in [-0.4, -0.2) is 31.2 Å². The summed E-state index contributed by atoms with van der Waals surface area (Å²) >= 11 is 0. The van der Waals surface area contributed by atoms with Crippen molar-refractivity contribution in [3.63, 3.8) is 0 Å². The van der Waals surface area contributed by atoms with Crippen LogP contribution in [0.5, 0.6) is 0 Å². The van der Waals surface area contributed by atoms with E-state index in [1.54, 1.807) is 18.2 Å². The maximum atomic E-state index is 12.5. The summed E-state index contributed by atoms with van der Waals surface area (Å²) in [5, 5.41) is 0. The monoisotopic (exact) mass is 285 g/mol. The number of benzene rings is 1. The highest BCUT2D eigenvalue weighted by molar-refractivity contribution is 5.27. The number of halogens is 3. The van der Waals surface area contributed by atoms with E-state index in [1.165, 1.54) is 6.42 Å². The highest BCUT2D eigenvalue weighted by Crippen LogP contribution is 2.35. The van der Waals surface area contributed by atoms with E-state index in [2.05, 4.69) is 19.0 Å². The first kappa shape index (κ1) is 15.4. The fourth-order valence-corrected chi connectivity index (χ4v) is 3.12. The Morgan fingerprint density at radius 2 is 1.95 bits per heavy atom. The van der Waals surface area contributed by atoms with Crippen molar-refractivity contribution in [3.8, 4) is 0 Å². The summed E-state index contributed by atoms with van der Waals surface area (Å²) in [4.78, 5) is 2.23. The fourth-order valence-electron chi connectivity index (χ4n) is 3.12. The molecule has 0 unspecified atom stereocenters. The summed E-state index contributed by atoms with van der Waals surface area (Å²) in [7, 11) is 4.15. The van der Waals surface area contributed by atoms with E-state index in [-0.39, 0.29) is 0 Å². The average molecular weight is 285 g/mol. The molecule has 112 valence electrons. The average Bonchev–Trinajstić information content (AvgIpc) is 2.37. The molecule has 0 N–H and O–H groups in total. The second-order valence-corrected chi connectivity index (χ2v) is 6.02. The van der Waals surface area contributed by atoms with Gasteiger partial charge in [-0.2, -0.15) is 13.2 Å². The van der Waals surface area contributed by atoms with Crippen molar-refractivity contribution in [3.05, 3.63) is 35.4 Å². The molecule has 4 heteroatoms. The van der Waals surface area contributed by atoms with Gasteiger partial charge in [0.25, 0.3) is 0 Å². The molecule has 0 bridgehead atoms. The number of hydrogen-bond acceptors (Lipinski definition) is 1. The van der Waals surface area contributed by atoms with Crippen molar-refractivity contribution in [1.82, 2.24) is 4.90 Å². The molecule has 2 atom stereocenters. The molecule has 1 aliphatic carbocycles. The van der Waals surface area contributed by atoms with Gasteiger partial charge in [0, 0.05) is 6.04 Å². The maximum Gasteiger partial charge on any atom is 0.393 e. The second kappa shape index (κ2) is 6.17. The first-order valence-corrected chi connectivity index (χ1v) is 7.17. The number of rotatable bonds is 3. The third-order valence-corrected chi connectivity index (χ3v) is 4.20. The molecule has 0 heterocycles. The molecule has 0 radical (unpaired) electrons. The van der Waals surface area contributed by atoms with Gasteiger partial charge in [0.05, 0.1) is 6.42 Å². The van der Waals surface area contributed by atoms with E-state index in [4.69, 9.17) is 0 Å². The summed E-state index contributed by atoms with van der Waals surface area (Å²) in [5.41, 5.74) is 1.44. The lowest BCUT2D eigenvalue weighted by Crippen LogP contribution is -2.32. The van der Waals surface area contributed by atoms with E-state index in [0.29, 0.717) is 17.5 Å². The lowest BCUT2D eigenvalue weighted by atomic mass is 9.80. The van der Waals surface area contributed by atoms with Crippen LogP contribution in [0.2, 0.25) is 0 Å². The van der Waals surface area contributed by atoms with Crippen molar-refractivity contribution in [2.24, 2.45) is 0 Å². The van der Waals surface area contributed by atoms with E-state index in [1.807, 2.05) is 6.07 Å². The van der Waals surface area contributed by atoms with Crippen molar-refractivity contribution in [2.75, 3.05) is 14.1 Å². The number of alkyl halides is 3. The molecule has 2 rings (SSSR count). The first-order valence-electron chi connectivity index (χ1n) is 7.17. The minimum Gasteiger partial charge on any atom is -0.306 e. The van der Waals surface area contributed by atoms with Crippen LogP contribution in [0.4, 0.5) is 13.2 Å². The minimum atomic E-state index is -4.13. The Labute approximate surface area is 118 Å². The fraction of sp³-hybridized carbons (Fsp3) is 0.625. The van der Waals surface area contributed by atoms with Gasteiger partial charge in [0.1, 0.15) is 0 Å². The summed E-state index contributed by atoms with van der Waals surface area (Å²) in [6.45, 7) is 0. The molecule has 0 aromatic heterocycles. The largest absolute Gasteiger partial charge is 0.393 e. The molecule has 1 aromatic carbocycles. The highest BCUT2D eigenvalue weighted by Gasteiger charge is 2.29. The Hall–Kier alpha value is -1.03. The zero-order chi connectivity index (χ0) is 14.8. The molecular formula is C16H22F3N. The Morgan fingerprint density at radius 1 is 1.20 bits per heavy atom. The number of hydrogen-bond donors (Lipinski definition) is 0. The van der Waals surface area contributed by atoms with Crippen LogP contribution in [0, 0.1) is 0 Å². The van der Waals surface area contributed by atoms with Crippen molar-refractivity contribution < 1.29 is 13.2 Å². The molecule has 1 aromatic rings. The van der Waals surface area contributed by atoms with Gasteiger partial charge in [-0.05, 0) is 50.4 Å². The summed E-state index contributed by atoms with van der Waals surface area (Å²) in [6, 6.07) is 7.59. The van der Waals surface area contributed by atoms with Gasteiger partial charge in [0.2, 0.25) is 0 Å². The van der Waals surface area contributed by atoms with Crippen LogP contribution >= 0.6 is 0 Å². The van der Waals surface area contributed by atoms with Crippen molar-refractivity contribution in [2.45, 2.75) is 50.2 Å². The first-order chi connectivity index (χ1) is 9.35. The van der Waals surface area contributed by atoms with Crippen molar-refractivity contribution in [1.29, 1.82) is 0 Å². The minimum absolute atomic E-state index is 0.377. The van der Waals surface area contributed by atoms with Gasteiger partial charge in [0.15, 0.2) is 0 Å². The summed E-state index contributed by atoms with van der Waals surface area (Å²) in [5.74, 6) is 0.393. The Bertz CT molecular complexity index is 440. The topological polar surface area (TPSA) is 3.24 Å². The third-order valence-electron chi connectivity index (χ3n) is 4.20. The van der Waals surface area contributed by atoms with Gasteiger partial charge in [-0.25, -0.2) is 0 Å². The summed E-state index contributed by atoms with van der Waals surface area (Å²) in [6.07, 6.45) is -0.493. The third kappa shape index (κ3) is 4.23. The Kier molecular flexibility index (Phi) is 4.74. The van der Waals surface area contributed by atoms with E-state index in [9.17, 15) is 13.2 Å². The molecule has 0 saturated heterocycles. The van der Waals surface area contributed by atoms with Gasteiger partial charge in [-0.15, -0.1) is 0 Å². The van der Waals surface area contributed by atoms with Crippen LogP contribution in [0.15, 0.2) is 24.3 Å². The molecule has 1 aliphatic rings. The second-order valence-electron chi connectivity index (χ2n) is 6.02. The zero-order valence-electron chi connectivity index (χ0n) is 12.1. The quantitative estimate of drug-likeness (QED) is 0.796. The number of nitrogens with zero attached hydrogens (tertiary/aromatic N) is 1. The molecule has 0 amide bonds. The lowest BCUT2D eigenvalue weighted by molar-refractivity contribution is -0.127. The Morgan fingerprint density at radius 3 is 2.60 bits per heavy atom. The molecule has 1 nitrogen and oxygen atoms in total. The predicted octanol–water partition coefficient (Wildman–Crippen LogP) is 4.38. The zero-order valence-corrected chi connectivity index (χ0v) is 12.1. The van der Waals surface area contributed by atoms with E-state index >= 15 is 0 Å². The molecule has 0 spiro atoms. The normalized spacial score (nSPS) is 24.1. The smallest absolute Gasteiger partial charge is 0.306 e. The molecule has 0 aliphatic heterocycles. The van der Waals surface area contributed by atoms with Gasteiger partial charge in [-0.1, -0.05) is 30.7 Å². The van der Waals surface area contributed by atoms with Gasteiger partial charge in [-0.3, -0.25) is 0 Å². The summed E-state index contributed by atoms with van der Waals surface area (Å²) < 4.78 is 37.4. The van der Waals surface area contributed by atoms with Crippen LogP contribution in [0.25, 0.3) is 0 Å². The molecule has 20 heavy (non-hydrogen) atoms.